The van der Waals surface area contributed by atoms with Crippen molar-refractivity contribution in [3.05, 3.63) is 71.5 Å². The number of nitrogens with one attached hydrogen (secondary N) is 2. The van der Waals surface area contributed by atoms with Gasteiger partial charge in [-0.1, -0.05) is 42.3 Å². The van der Waals surface area contributed by atoms with Crippen LogP contribution in [0.3, 0.4) is 0 Å². The lowest BCUT2D eigenvalue weighted by Gasteiger charge is -2.33. The Morgan fingerprint density at radius 1 is 1.13 bits per heavy atom. The summed E-state index contributed by atoms with van der Waals surface area (Å²) in [6.45, 7) is 1.70. The van der Waals surface area contributed by atoms with Crippen LogP contribution in [-0.2, 0) is 0 Å². The van der Waals surface area contributed by atoms with Crippen LogP contribution in [0.4, 0.5) is 13.2 Å². The fourth-order valence-electron chi connectivity index (χ4n) is 5.44. The zero-order valence-corrected chi connectivity index (χ0v) is 20.9. The van der Waals surface area contributed by atoms with Gasteiger partial charge in [0.15, 0.2) is 6.61 Å². The van der Waals surface area contributed by atoms with Crippen LogP contribution < -0.4 is 10.1 Å². The summed E-state index contributed by atoms with van der Waals surface area (Å²) in [5, 5.41) is 3.01. The molecule has 2 aromatic heterocycles. The van der Waals surface area contributed by atoms with Crippen LogP contribution >= 0.6 is 0 Å². The Kier molecular flexibility index (Phi) is 7.14. The van der Waals surface area contributed by atoms with E-state index in [2.05, 4.69) is 20.0 Å². The minimum Gasteiger partial charge on any atom is -0.468 e. The first-order chi connectivity index (χ1) is 18.2. The summed E-state index contributed by atoms with van der Waals surface area (Å²) in [4.78, 5) is 35.2. The molecule has 3 atom stereocenters. The molecule has 1 saturated carbocycles. The van der Waals surface area contributed by atoms with Gasteiger partial charge in [0.2, 0.25) is 5.88 Å². The molecular weight excluding hydrogens is 497 g/mol. The molecule has 38 heavy (non-hydrogen) atoms. The summed E-state index contributed by atoms with van der Waals surface area (Å²) in [7, 11) is 0. The van der Waals surface area contributed by atoms with Crippen LogP contribution in [0.5, 0.6) is 5.88 Å². The van der Waals surface area contributed by atoms with Crippen molar-refractivity contribution in [2.24, 2.45) is 11.8 Å². The molecule has 1 aliphatic heterocycles. The van der Waals surface area contributed by atoms with Crippen molar-refractivity contribution in [3.8, 4) is 17.1 Å². The molecule has 7 nitrogen and oxygen atoms in total. The second-order valence-corrected chi connectivity index (χ2v) is 10.1. The average molecular weight is 527 g/mol. The smallest absolute Gasteiger partial charge is 0.422 e. The van der Waals surface area contributed by atoms with Crippen molar-refractivity contribution in [1.29, 1.82) is 0 Å². The van der Waals surface area contributed by atoms with Gasteiger partial charge in [-0.05, 0) is 43.4 Å². The SMILES string of the molecule is Cc1ccc(-c2cc(C(=O)N3C[C@H]4CCC[C@@H](NC(=O)c5cccc(OCC(F)(F)F)n5)[C@H]4C3)c[nH]2)cc1. The van der Waals surface area contributed by atoms with Gasteiger partial charge in [-0.15, -0.1) is 0 Å². The number of aromatic amines is 1. The number of pyridine rings is 1. The Bertz CT molecular complexity index is 1310. The highest BCUT2D eigenvalue weighted by Gasteiger charge is 2.42. The number of rotatable bonds is 6. The number of H-pyrrole nitrogens is 1. The van der Waals surface area contributed by atoms with E-state index in [-0.39, 0.29) is 35.4 Å². The van der Waals surface area contributed by atoms with E-state index in [1.807, 2.05) is 42.2 Å². The lowest BCUT2D eigenvalue weighted by molar-refractivity contribution is -0.154. The number of benzene rings is 1. The largest absolute Gasteiger partial charge is 0.468 e. The van der Waals surface area contributed by atoms with E-state index in [4.69, 9.17) is 0 Å². The lowest BCUT2D eigenvalue weighted by Crippen LogP contribution is -2.45. The van der Waals surface area contributed by atoms with Crippen LogP contribution in [0.2, 0.25) is 0 Å². The van der Waals surface area contributed by atoms with Crippen molar-refractivity contribution in [2.75, 3.05) is 19.7 Å². The predicted octanol–water partition coefficient (Wildman–Crippen LogP) is 5.00. The Balaban J connectivity index is 1.23. The van der Waals surface area contributed by atoms with E-state index >= 15 is 0 Å². The zero-order valence-electron chi connectivity index (χ0n) is 20.9. The van der Waals surface area contributed by atoms with Crippen molar-refractivity contribution in [3.63, 3.8) is 0 Å². The molecule has 10 heteroatoms. The number of ether oxygens (including phenoxy) is 1. The molecule has 2 fully saturated rings. The molecule has 200 valence electrons. The molecule has 1 aliphatic carbocycles. The molecule has 2 aliphatic rings. The minimum atomic E-state index is -4.49. The highest BCUT2D eigenvalue weighted by Crippen LogP contribution is 2.37. The van der Waals surface area contributed by atoms with Gasteiger partial charge in [0.05, 0.1) is 5.56 Å². The zero-order chi connectivity index (χ0) is 26.9. The fraction of sp³-hybridized carbons (Fsp3) is 0.393. The van der Waals surface area contributed by atoms with Gasteiger partial charge in [-0.3, -0.25) is 9.59 Å². The molecule has 1 saturated heterocycles. The number of nitrogens with zero attached hydrogens (tertiary/aromatic N) is 2. The number of aromatic nitrogens is 2. The molecule has 0 spiro atoms. The number of aryl methyl sites for hydroxylation is 1. The van der Waals surface area contributed by atoms with Gasteiger partial charge < -0.3 is 19.9 Å². The predicted molar refractivity (Wildman–Crippen MR) is 135 cm³/mol. The number of amides is 2. The second-order valence-electron chi connectivity index (χ2n) is 10.1. The van der Waals surface area contributed by atoms with E-state index in [9.17, 15) is 22.8 Å². The third-order valence-electron chi connectivity index (χ3n) is 7.33. The van der Waals surface area contributed by atoms with Gasteiger partial charge in [0.25, 0.3) is 11.8 Å². The van der Waals surface area contributed by atoms with Crippen LogP contribution in [0, 0.1) is 18.8 Å². The van der Waals surface area contributed by atoms with E-state index in [1.54, 1.807) is 6.20 Å². The lowest BCUT2D eigenvalue weighted by atomic mass is 9.78. The van der Waals surface area contributed by atoms with Crippen LogP contribution in [-0.4, -0.2) is 58.6 Å². The highest BCUT2D eigenvalue weighted by molar-refractivity contribution is 5.95. The van der Waals surface area contributed by atoms with Crippen molar-refractivity contribution in [2.45, 2.75) is 38.4 Å². The Morgan fingerprint density at radius 2 is 1.92 bits per heavy atom. The van der Waals surface area contributed by atoms with Gasteiger partial charge >= 0.3 is 6.18 Å². The summed E-state index contributed by atoms with van der Waals surface area (Å²) < 4.78 is 42.1. The first-order valence-corrected chi connectivity index (χ1v) is 12.7. The standard InChI is InChI=1S/C28H29F3N4O3/c1-17-8-10-18(11-9-17)24-12-20(13-32-24)27(37)35-14-19-4-2-5-22(21(19)15-35)34-26(36)23-6-3-7-25(33-23)38-16-28(29,30)31/h3,6-13,19,21-22,32H,2,4-5,14-16H2,1H3,(H,34,36)/t19-,21+,22-/m1/s1. The molecule has 2 N–H and O–H groups in total. The van der Waals surface area contributed by atoms with Gasteiger partial charge in [0, 0.05) is 43.0 Å². The molecule has 5 rings (SSSR count). The van der Waals surface area contributed by atoms with Crippen LogP contribution in [0.15, 0.2) is 54.7 Å². The first kappa shape index (κ1) is 25.8. The van der Waals surface area contributed by atoms with Gasteiger partial charge in [-0.2, -0.15) is 13.2 Å². The fourth-order valence-corrected chi connectivity index (χ4v) is 5.44. The summed E-state index contributed by atoms with van der Waals surface area (Å²) in [6.07, 6.45) is -0.107. The van der Waals surface area contributed by atoms with Crippen LogP contribution in [0.1, 0.15) is 45.7 Å². The van der Waals surface area contributed by atoms with Gasteiger partial charge in [0.1, 0.15) is 5.69 Å². The topological polar surface area (TPSA) is 87.3 Å². The number of halogens is 3. The quantitative estimate of drug-likeness (QED) is 0.474. The summed E-state index contributed by atoms with van der Waals surface area (Å²) in [5.74, 6) is -0.410. The average Bonchev–Trinajstić information content (AvgIpc) is 3.56. The maximum atomic E-state index is 13.3. The number of hydrogen-bond acceptors (Lipinski definition) is 4. The number of carbonyl (C=O) groups is 2. The molecule has 1 aromatic carbocycles. The molecule has 3 aromatic rings. The highest BCUT2D eigenvalue weighted by atomic mass is 19.4. The van der Waals surface area contributed by atoms with Crippen molar-refractivity contribution < 1.29 is 27.5 Å². The summed E-state index contributed by atoms with van der Waals surface area (Å²) in [6, 6.07) is 14.0. The van der Waals surface area contributed by atoms with Gasteiger partial charge in [-0.25, -0.2) is 4.98 Å². The molecule has 3 heterocycles. The number of carbonyl (C=O) groups excluding carboxylic acids is 2. The Labute approximate surface area is 218 Å². The molecular formula is C28H29F3N4O3. The third-order valence-corrected chi connectivity index (χ3v) is 7.33. The molecule has 2 amide bonds. The number of alkyl halides is 3. The number of fused-ring (bicyclic) bond motifs is 1. The number of hydrogen-bond donors (Lipinski definition) is 2. The second kappa shape index (κ2) is 10.5. The molecule has 0 radical (unpaired) electrons. The van der Waals surface area contributed by atoms with Crippen LogP contribution in [0.25, 0.3) is 11.3 Å². The monoisotopic (exact) mass is 526 g/mol. The summed E-state index contributed by atoms with van der Waals surface area (Å²) >= 11 is 0. The third kappa shape index (κ3) is 5.84. The molecule has 0 unspecified atom stereocenters. The van der Waals surface area contributed by atoms with E-state index in [0.717, 1.165) is 36.1 Å². The van der Waals surface area contributed by atoms with E-state index in [1.165, 1.54) is 18.2 Å². The van der Waals surface area contributed by atoms with Crippen molar-refractivity contribution >= 4 is 11.8 Å². The maximum absolute atomic E-state index is 13.3. The molecule has 0 bridgehead atoms. The Morgan fingerprint density at radius 3 is 2.68 bits per heavy atom. The number of likely N-dealkylation sites (tertiary alicyclic amines) is 1. The van der Waals surface area contributed by atoms with Crippen molar-refractivity contribution in [1.82, 2.24) is 20.2 Å². The minimum absolute atomic E-state index is 0.00585. The summed E-state index contributed by atoms with van der Waals surface area (Å²) in [5.41, 5.74) is 3.64. The van der Waals surface area contributed by atoms with E-state index in [0.29, 0.717) is 18.7 Å². The normalized spacial score (nSPS) is 21.2. The van der Waals surface area contributed by atoms with E-state index < -0.39 is 18.7 Å². The Hall–Kier alpha value is -3.82. The first-order valence-electron chi connectivity index (χ1n) is 12.7. The maximum Gasteiger partial charge on any atom is 0.422 e.